The van der Waals surface area contributed by atoms with Crippen molar-refractivity contribution < 1.29 is 66.6 Å². The SMILES string of the molecule is Cc1ccc(-c2csc(NC(=O)c3cc4ccccc4o3)c2C(=O)O)c2ccccc12.Cc1ccc(-c2csc(NC(=O)c3cc4ccccc4o3)c2C(=O)OC(C)(C)C)c2ccccc12.Cc1ccc(B(O)O)c2ccccc12.Cc1csc(NC(=O)c2cc3ccccc3o2)c1C(=O)OC(C)(C)C. The lowest BCUT2D eigenvalue weighted by Gasteiger charge is -2.20. The van der Waals surface area contributed by atoms with E-state index in [2.05, 4.69) is 28.9 Å². The maximum Gasteiger partial charge on any atom is 0.489 e. The summed E-state index contributed by atoms with van der Waals surface area (Å²) in [4.78, 5) is 76.4. The highest BCUT2D eigenvalue weighted by Gasteiger charge is 2.30. The van der Waals surface area contributed by atoms with E-state index in [1.807, 2.05) is 210 Å². The number of thiophene rings is 3. The normalized spacial score (nSPS) is 11.3. The summed E-state index contributed by atoms with van der Waals surface area (Å²) in [5.41, 5.74) is 9.13. The van der Waals surface area contributed by atoms with Gasteiger partial charge in [0.05, 0.1) is 5.56 Å². The first kappa shape index (κ1) is 73.1. The van der Waals surface area contributed by atoms with Crippen molar-refractivity contribution >= 4 is 162 Å². The zero-order chi connectivity index (χ0) is 74.6. The minimum atomic E-state index is -1.40. The van der Waals surface area contributed by atoms with E-state index >= 15 is 0 Å². The number of nitrogens with one attached hydrogen (secondary N) is 3. The Morgan fingerprint density at radius 1 is 0.371 bits per heavy atom. The van der Waals surface area contributed by atoms with Crippen LogP contribution in [0.15, 0.2) is 230 Å². The predicted molar refractivity (Wildman–Crippen MR) is 421 cm³/mol. The molecule has 528 valence electrons. The second kappa shape index (κ2) is 30.7. The van der Waals surface area contributed by atoms with Crippen LogP contribution in [-0.2, 0) is 9.47 Å². The van der Waals surface area contributed by atoms with E-state index in [0.717, 1.165) is 87.4 Å². The minimum absolute atomic E-state index is 0.0727. The van der Waals surface area contributed by atoms with Crippen molar-refractivity contribution in [1.29, 1.82) is 0 Å². The van der Waals surface area contributed by atoms with E-state index in [-0.39, 0.29) is 27.8 Å². The van der Waals surface area contributed by atoms with Gasteiger partial charge in [-0.3, -0.25) is 14.4 Å². The number of furan rings is 3. The predicted octanol–water partition coefficient (Wildman–Crippen LogP) is 20.2. The number of fused-ring (bicyclic) bond motifs is 6. The molecule has 0 bridgehead atoms. The Morgan fingerprint density at radius 3 is 1.09 bits per heavy atom. The molecule has 0 aliphatic heterocycles. The van der Waals surface area contributed by atoms with E-state index in [0.29, 0.717) is 48.9 Å². The standard InChI is InChI=1S/C29H25NO4S.C25H17NO4S.C19H19NO4S.C11H11BO2/c1-17-13-14-21(20-11-7-6-10-19(17)20)22-16-35-27(25(22)28(32)34-29(2,3)4)30-26(31)24-15-18-9-5-8-12-23(18)33-24;1-14-10-11-18(17-8-4-3-7-16(14)17)19-13-31-24(22(19)25(28)29)26-23(27)21-12-15-6-2-5-9-20(15)30-21;1-11-10-25-17(15(11)18(22)24-19(2,3)4)20-16(21)14-9-12-7-5-6-8-13(12)23-14;1-8-6-7-11(12(13)14)10-5-3-2-4-9(8)10/h5-16H,1-4H3,(H,30,31);2-13H,1H3,(H,26,27)(H,28,29);5-10H,1-4H3,(H,20,21);2-7,13-14H,1H3. The molecule has 6 N–H and O–H groups in total. The van der Waals surface area contributed by atoms with E-state index < -0.39 is 53.9 Å². The Kier molecular flexibility index (Phi) is 21.4. The lowest BCUT2D eigenvalue weighted by Crippen LogP contribution is -2.30. The van der Waals surface area contributed by atoms with Crippen LogP contribution in [0.3, 0.4) is 0 Å². The number of amides is 3. The number of rotatable bonds is 12. The summed E-state index contributed by atoms with van der Waals surface area (Å²) in [7, 11) is -1.40. The van der Waals surface area contributed by atoms with Gasteiger partial charge >= 0.3 is 25.0 Å². The van der Waals surface area contributed by atoms with Crippen LogP contribution in [0, 0.1) is 27.7 Å². The fraction of sp³-hybridized carbons (Fsp3) is 0.143. The molecule has 0 spiro atoms. The van der Waals surface area contributed by atoms with Crippen molar-refractivity contribution in [3.8, 4) is 22.3 Å². The number of para-hydroxylation sites is 3. The van der Waals surface area contributed by atoms with Gasteiger partial charge in [0.15, 0.2) is 17.3 Å². The maximum absolute atomic E-state index is 13.4. The van der Waals surface area contributed by atoms with Crippen LogP contribution in [0.2, 0.25) is 0 Å². The third-order valence-electron chi connectivity index (χ3n) is 16.9. The molecule has 9 aromatic carbocycles. The Morgan fingerprint density at radius 2 is 0.695 bits per heavy atom. The Hall–Kier alpha value is -11.7. The number of aromatic carboxylic acids is 1. The van der Waals surface area contributed by atoms with Gasteiger partial charge in [-0.05, 0) is 182 Å². The molecule has 0 aliphatic rings. The average Bonchev–Trinajstić information content (AvgIpc) is 1.73. The number of aryl methyl sites for hydroxylation is 4. The zero-order valence-corrected chi connectivity index (χ0v) is 61.4. The molecular weight excluding hydrogens is 1380 g/mol. The Labute approximate surface area is 616 Å². The molecule has 6 aromatic heterocycles. The van der Waals surface area contributed by atoms with Crippen LogP contribution in [0.25, 0.3) is 87.5 Å². The van der Waals surface area contributed by atoms with Crippen LogP contribution in [0.4, 0.5) is 15.0 Å². The van der Waals surface area contributed by atoms with E-state index in [4.69, 9.17) is 32.8 Å². The van der Waals surface area contributed by atoms with Gasteiger partial charge in [-0.1, -0.05) is 164 Å². The van der Waals surface area contributed by atoms with Crippen LogP contribution in [0.5, 0.6) is 0 Å². The first-order valence-corrected chi connectivity index (χ1v) is 36.0. The molecule has 17 nitrogen and oxygen atoms in total. The molecule has 105 heavy (non-hydrogen) atoms. The van der Waals surface area contributed by atoms with Crippen molar-refractivity contribution in [2.75, 3.05) is 16.0 Å². The summed E-state index contributed by atoms with van der Waals surface area (Å²) >= 11 is 3.77. The molecule has 0 aliphatic carbocycles. The third-order valence-corrected chi connectivity index (χ3v) is 19.7. The number of benzene rings is 9. The van der Waals surface area contributed by atoms with Gasteiger partial charge in [-0.2, -0.15) is 0 Å². The number of carboxylic acids is 1. The van der Waals surface area contributed by atoms with Gasteiger partial charge in [-0.25, -0.2) is 14.4 Å². The van der Waals surface area contributed by atoms with Crippen molar-refractivity contribution in [3.05, 3.63) is 273 Å². The smallest absolute Gasteiger partial charge is 0.478 e. The summed E-state index contributed by atoms with van der Waals surface area (Å²) in [5.74, 6) is -2.84. The summed E-state index contributed by atoms with van der Waals surface area (Å²) < 4.78 is 28.1. The zero-order valence-electron chi connectivity index (χ0n) is 58.9. The quantitative estimate of drug-likeness (QED) is 0.0491. The molecule has 21 heteroatoms. The van der Waals surface area contributed by atoms with E-state index in [9.17, 15) is 33.9 Å². The van der Waals surface area contributed by atoms with Gasteiger partial charge in [0.2, 0.25) is 0 Å². The molecular formula is C84H72BN3O14S3. The highest BCUT2D eigenvalue weighted by atomic mass is 32.1. The molecule has 3 amide bonds. The minimum Gasteiger partial charge on any atom is -0.478 e. The number of hydrogen-bond donors (Lipinski definition) is 6. The number of carboxylic acid groups (broad SMARTS) is 1. The van der Waals surface area contributed by atoms with Gasteiger partial charge in [0.25, 0.3) is 17.7 Å². The molecule has 15 aromatic rings. The maximum atomic E-state index is 13.4. The van der Waals surface area contributed by atoms with E-state index in [1.165, 1.54) is 34.0 Å². The number of ether oxygens (including phenoxy) is 2. The van der Waals surface area contributed by atoms with E-state index in [1.54, 1.807) is 62.5 Å². The number of esters is 2. The highest BCUT2D eigenvalue weighted by molar-refractivity contribution is 7.16. The van der Waals surface area contributed by atoms with Crippen molar-refractivity contribution in [1.82, 2.24) is 0 Å². The summed E-state index contributed by atoms with van der Waals surface area (Å²) in [6.45, 7) is 18.8. The second-order valence-corrected chi connectivity index (χ2v) is 29.4. The fourth-order valence-corrected chi connectivity index (χ4v) is 14.8. The van der Waals surface area contributed by atoms with Gasteiger partial charge < -0.3 is 53.8 Å². The molecule has 15 rings (SSSR count). The first-order valence-electron chi connectivity index (χ1n) is 33.4. The third kappa shape index (κ3) is 16.4. The average molecular weight is 1450 g/mol. The van der Waals surface area contributed by atoms with Crippen molar-refractivity contribution in [3.63, 3.8) is 0 Å². The second-order valence-electron chi connectivity index (χ2n) is 26.8. The van der Waals surface area contributed by atoms with Crippen LogP contribution in [0.1, 0.15) is 127 Å². The van der Waals surface area contributed by atoms with Crippen LogP contribution >= 0.6 is 34.0 Å². The molecule has 6 heterocycles. The molecule has 0 fully saturated rings. The first-order chi connectivity index (χ1) is 50.2. The highest BCUT2D eigenvalue weighted by Crippen LogP contribution is 2.43. The van der Waals surface area contributed by atoms with Crippen LogP contribution in [-0.4, -0.2) is 69.1 Å². The number of hydrogen-bond acceptors (Lipinski definition) is 16. The largest absolute Gasteiger partial charge is 0.489 e. The molecule has 0 atom stereocenters. The molecule has 0 unspecified atom stereocenters. The van der Waals surface area contributed by atoms with Gasteiger partial charge in [0, 0.05) is 38.0 Å². The number of anilines is 3. The summed E-state index contributed by atoms with van der Waals surface area (Å²) in [6.07, 6.45) is 0. The monoisotopic (exact) mass is 1450 g/mol. The van der Waals surface area contributed by atoms with Crippen LogP contribution < -0.4 is 21.4 Å². The summed E-state index contributed by atoms with van der Waals surface area (Å²) in [5, 5.41) is 51.9. The fourth-order valence-electron chi connectivity index (χ4n) is 12.0. The molecule has 0 saturated heterocycles. The Bertz CT molecular complexity index is 5740. The van der Waals surface area contributed by atoms with Gasteiger partial charge in [0.1, 0.15) is 54.1 Å². The number of carbonyl (C=O) groups excluding carboxylic acids is 5. The summed E-state index contributed by atoms with van der Waals surface area (Å²) in [6, 6.07) is 62.5. The topological polar surface area (TPSA) is 257 Å². The van der Waals surface area contributed by atoms with Crippen molar-refractivity contribution in [2.45, 2.75) is 80.4 Å². The van der Waals surface area contributed by atoms with Crippen molar-refractivity contribution in [2.24, 2.45) is 0 Å². The molecule has 0 radical (unpaired) electrons. The molecule has 0 saturated carbocycles. The number of carbonyl (C=O) groups is 6. The lowest BCUT2D eigenvalue weighted by atomic mass is 9.76. The Balaban J connectivity index is 0.000000137. The van der Waals surface area contributed by atoms with Gasteiger partial charge in [-0.15, -0.1) is 34.0 Å². The lowest BCUT2D eigenvalue weighted by molar-refractivity contribution is 0.00585.